The minimum Gasteiger partial charge on any atom is -0.187 e. The largest absolute Gasteiger partial charge is 0.187 e. The van der Waals surface area contributed by atoms with Gasteiger partial charge in [-0.2, -0.15) is 23.1 Å². The van der Waals surface area contributed by atoms with E-state index in [0.29, 0.717) is 0 Å². The molecule has 0 heterocycles. The summed E-state index contributed by atoms with van der Waals surface area (Å²) in [5.41, 5.74) is 5.50. The Morgan fingerprint density at radius 1 is 1.00 bits per heavy atom. The minimum absolute atomic E-state index is 1.35. The summed E-state index contributed by atoms with van der Waals surface area (Å²) in [6.07, 6.45) is 2.17. The summed E-state index contributed by atoms with van der Waals surface area (Å²) in [6.45, 7) is 8.55. The Morgan fingerprint density at radius 3 is 1.82 bits per heavy atom. The topological polar surface area (TPSA) is 0 Å². The maximum atomic E-state index is 2.22. The van der Waals surface area contributed by atoms with Gasteiger partial charge in [0.2, 0.25) is 0 Å². The van der Waals surface area contributed by atoms with Gasteiger partial charge in [0.25, 0.3) is 0 Å². The van der Waals surface area contributed by atoms with E-state index in [1.165, 1.54) is 22.3 Å². The monoisotopic (exact) mass is 147 g/mol. The zero-order chi connectivity index (χ0) is 8.43. The summed E-state index contributed by atoms with van der Waals surface area (Å²) in [4.78, 5) is 0. The lowest BCUT2D eigenvalue weighted by atomic mass is 9.98. The van der Waals surface area contributed by atoms with Gasteiger partial charge < -0.3 is 0 Å². The smallest absolute Gasteiger partial charge is 0.0418 e. The quantitative estimate of drug-likeness (QED) is 0.535. The van der Waals surface area contributed by atoms with E-state index in [9.17, 15) is 0 Å². The van der Waals surface area contributed by atoms with Gasteiger partial charge >= 0.3 is 0 Å². The highest BCUT2D eigenvalue weighted by molar-refractivity contribution is 5.41. The molecule has 1 rings (SSSR count). The molecule has 11 heavy (non-hydrogen) atoms. The summed E-state index contributed by atoms with van der Waals surface area (Å²) < 4.78 is 0. The van der Waals surface area contributed by atoms with Gasteiger partial charge in [0.05, 0.1) is 0 Å². The van der Waals surface area contributed by atoms with Crippen molar-refractivity contribution in [2.45, 2.75) is 27.7 Å². The third-order valence-electron chi connectivity index (χ3n) is 2.03. The molecule has 0 bridgehead atoms. The van der Waals surface area contributed by atoms with Crippen molar-refractivity contribution in [3.63, 3.8) is 0 Å². The van der Waals surface area contributed by atoms with Crippen LogP contribution in [0.25, 0.3) is 0 Å². The van der Waals surface area contributed by atoms with Crippen molar-refractivity contribution in [3.05, 3.63) is 40.8 Å². The number of aryl methyl sites for hydroxylation is 3. The first-order valence-electron chi connectivity index (χ1n) is 4.02. The maximum Gasteiger partial charge on any atom is -0.0418 e. The predicted molar refractivity (Wildman–Crippen MR) is 49.7 cm³/mol. The molecule has 0 aromatic heterocycles. The van der Waals surface area contributed by atoms with E-state index in [-0.39, 0.29) is 0 Å². The van der Waals surface area contributed by atoms with Crippen molar-refractivity contribution in [2.24, 2.45) is 0 Å². The molecule has 0 heteroatoms. The Bertz CT molecular complexity index is 236. The molecule has 60 valence electrons. The normalized spacial score (nSPS) is 9.82. The molecule has 0 radical (unpaired) electrons. The highest BCUT2D eigenvalue weighted by Gasteiger charge is 1.90. The number of hydrogen-bond donors (Lipinski definition) is 0. The van der Waals surface area contributed by atoms with E-state index in [2.05, 4.69) is 46.2 Å². The van der Waals surface area contributed by atoms with Crippen molar-refractivity contribution in [1.29, 1.82) is 0 Å². The van der Waals surface area contributed by atoms with Crippen molar-refractivity contribution in [2.75, 3.05) is 0 Å². The lowest BCUT2D eigenvalue weighted by Crippen LogP contribution is -1.90. The van der Waals surface area contributed by atoms with Crippen LogP contribution in [-0.4, -0.2) is 0 Å². The fraction of sp³-hybridized carbons (Fsp3) is 0.364. The van der Waals surface area contributed by atoms with Crippen LogP contribution in [0.3, 0.4) is 0 Å². The van der Waals surface area contributed by atoms with Crippen LogP contribution in [0.5, 0.6) is 0 Å². The lowest BCUT2D eigenvalue weighted by Gasteiger charge is -2.17. The van der Waals surface area contributed by atoms with E-state index in [4.69, 9.17) is 0 Å². The third-order valence-corrected chi connectivity index (χ3v) is 2.03. The zero-order valence-electron chi connectivity index (χ0n) is 7.73. The van der Waals surface area contributed by atoms with Crippen LogP contribution in [-0.2, 0) is 0 Å². The molecule has 0 aliphatic carbocycles. The Hall–Kier alpha value is -0.910. The van der Waals surface area contributed by atoms with Crippen LogP contribution in [0.1, 0.15) is 29.2 Å². The van der Waals surface area contributed by atoms with Crippen molar-refractivity contribution in [3.8, 4) is 0 Å². The van der Waals surface area contributed by atoms with Gasteiger partial charge in [-0.15, -0.1) is 12.1 Å². The molecule has 1 aromatic carbocycles. The van der Waals surface area contributed by atoms with Gasteiger partial charge in [-0.3, -0.25) is 0 Å². The van der Waals surface area contributed by atoms with E-state index < -0.39 is 0 Å². The molecule has 0 N–H and O–H groups in total. The molecule has 0 saturated carbocycles. The highest BCUT2D eigenvalue weighted by Crippen LogP contribution is 2.17. The fourth-order valence-corrected chi connectivity index (χ4v) is 1.65. The summed E-state index contributed by atoms with van der Waals surface area (Å²) >= 11 is 0. The first-order valence-corrected chi connectivity index (χ1v) is 4.02. The summed E-state index contributed by atoms with van der Waals surface area (Å²) in [5, 5.41) is 0. The van der Waals surface area contributed by atoms with Gasteiger partial charge in [0.15, 0.2) is 0 Å². The summed E-state index contributed by atoms with van der Waals surface area (Å²) in [7, 11) is 0. The zero-order valence-corrected chi connectivity index (χ0v) is 7.73. The highest BCUT2D eigenvalue weighted by atomic mass is 14.0. The first-order chi connectivity index (χ1) is 5.15. The lowest BCUT2D eigenvalue weighted by molar-refractivity contribution is 1.23. The second-order valence-corrected chi connectivity index (χ2v) is 3.10. The van der Waals surface area contributed by atoms with Crippen LogP contribution in [0.2, 0.25) is 0 Å². The molecular formula is C11H15-. The van der Waals surface area contributed by atoms with Gasteiger partial charge in [0.1, 0.15) is 0 Å². The van der Waals surface area contributed by atoms with E-state index >= 15 is 0 Å². The molecule has 0 amide bonds. The number of benzene rings is 1. The first kappa shape index (κ1) is 8.19. The van der Waals surface area contributed by atoms with E-state index in [0.717, 1.165) is 0 Å². The molecule has 1 aromatic rings. The Morgan fingerprint density at radius 2 is 1.45 bits per heavy atom. The average molecular weight is 147 g/mol. The molecule has 0 saturated heterocycles. The molecule has 0 unspecified atom stereocenters. The maximum absolute atomic E-state index is 2.22. The molecule has 0 spiro atoms. The molecule has 0 fully saturated rings. The van der Waals surface area contributed by atoms with Crippen LogP contribution >= 0.6 is 0 Å². The van der Waals surface area contributed by atoms with Crippen molar-refractivity contribution in [1.82, 2.24) is 0 Å². The number of rotatable bonds is 1. The van der Waals surface area contributed by atoms with Gasteiger partial charge in [0, 0.05) is 0 Å². The van der Waals surface area contributed by atoms with Crippen molar-refractivity contribution < 1.29 is 0 Å². The fourth-order valence-electron chi connectivity index (χ4n) is 1.65. The van der Waals surface area contributed by atoms with E-state index in [1.54, 1.807) is 0 Å². The minimum atomic E-state index is 1.35. The molecule has 0 aliphatic rings. The van der Waals surface area contributed by atoms with Crippen LogP contribution in [0.15, 0.2) is 12.1 Å². The molecule has 0 aliphatic heterocycles. The molecule has 0 atom stereocenters. The van der Waals surface area contributed by atoms with E-state index in [1.807, 2.05) is 0 Å². The number of hydrogen-bond acceptors (Lipinski definition) is 0. The predicted octanol–water partition coefficient (Wildman–Crippen LogP) is 3.18. The second-order valence-electron chi connectivity index (χ2n) is 3.10. The Balaban J connectivity index is 3.25. The van der Waals surface area contributed by atoms with Gasteiger partial charge in [-0.1, -0.05) is 26.3 Å². The summed E-state index contributed by atoms with van der Waals surface area (Å²) in [5.74, 6) is 0. The second kappa shape index (κ2) is 3.00. The van der Waals surface area contributed by atoms with Crippen molar-refractivity contribution >= 4 is 0 Å². The third kappa shape index (κ3) is 1.56. The van der Waals surface area contributed by atoms with Gasteiger partial charge in [-0.05, 0) is 6.92 Å². The van der Waals surface area contributed by atoms with Crippen LogP contribution in [0.4, 0.5) is 0 Å². The molecule has 0 nitrogen and oxygen atoms in total. The average Bonchev–Trinajstić information content (AvgIpc) is 1.85. The Labute approximate surface area is 69.3 Å². The Kier molecular flexibility index (Phi) is 2.23. The molecular weight excluding hydrogens is 132 g/mol. The standard InChI is InChI=1S/C11H15/c1-5-11-9(3)6-8(2)7-10(11)4/h5-7H,1-4H3/q-1. The summed E-state index contributed by atoms with van der Waals surface area (Å²) in [6, 6.07) is 4.45. The van der Waals surface area contributed by atoms with Crippen LogP contribution < -0.4 is 0 Å². The van der Waals surface area contributed by atoms with Gasteiger partial charge in [-0.25, -0.2) is 0 Å². The van der Waals surface area contributed by atoms with Crippen LogP contribution in [0, 0.1) is 27.2 Å². The SMILES string of the molecule is C[CH-]c1c(C)cc(C)cc1C.